The van der Waals surface area contributed by atoms with Crippen LogP contribution in [0, 0.1) is 6.92 Å². The first kappa shape index (κ1) is 16.2. The van der Waals surface area contributed by atoms with Crippen LogP contribution in [0.4, 0.5) is 0 Å². The number of fused-ring (bicyclic) bond motifs is 1. The lowest BCUT2D eigenvalue weighted by Gasteiger charge is -2.33. The smallest absolute Gasteiger partial charge is 0.377 e. The Bertz CT molecular complexity index is 753. The molecule has 0 fully saturated rings. The van der Waals surface area contributed by atoms with Crippen LogP contribution in [-0.2, 0) is 16.0 Å². The predicted octanol–water partition coefficient (Wildman–Crippen LogP) is 2.68. The van der Waals surface area contributed by atoms with Crippen molar-refractivity contribution in [3.05, 3.63) is 52.9 Å². The highest BCUT2D eigenvalue weighted by Gasteiger charge is 2.27. The number of aromatic nitrogens is 1. The second kappa shape index (κ2) is 6.86. The molecule has 1 aliphatic carbocycles. The molecule has 6 nitrogen and oxygen atoms in total. The number of hydrogen-bond donors (Lipinski definition) is 0. The summed E-state index contributed by atoms with van der Waals surface area (Å²) >= 11 is 0. The third-order valence-corrected chi connectivity index (χ3v) is 4.35. The van der Waals surface area contributed by atoms with E-state index < -0.39 is 5.97 Å². The van der Waals surface area contributed by atoms with Crippen LogP contribution in [0.3, 0.4) is 0 Å². The molecule has 1 atom stereocenters. The minimum absolute atomic E-state index is 0.00552. The number of amides is 1. The summed E-state index contributed by atoms with van der Waals surface area (Å²) in [5, 5.41) is 3.63. The summed E-state index contributed by atoms with van der Waals surface area (Å²) in [5.74, 6) is -0.909. The van der Waals surface area contributed by atoms with E-state index in [2.05, 4.69) is 17.3 Å². The van der Waals surface area contributed by atoms with Gasteiger partial charge in [-0.3, -0.25) is 4.79 Å². The molecule has 2 aromatic rings. The van der Waals surface area contributed by atoms with Gasteiger partial charge in [0.1, 0.15) is 0 Å². The predicted molar refractivity (Wildman–Crippen MR) is 86.4 cm³/mol. The largest absolute Gasteiger partial charge is 0.450 e. The minimum atomic E-state index is -0.679. The molecule has 0 saturated carbocycles. The number of ether oxygens (including phenoxy) is 1. The van der Waals surface area contributed by atoms with Gasteiger partial charge < -0.3 is 14.2 Å². The number of likely N-dealkylation sites (N-methyl/N-ethyl adjacent to an activating group) is 1. The average molecular weight is 328 g/mol. The summed E-state index contributed by atoms with van der Waals surface area (Å²) in [7, 11) is 1.75. The molecule has 126 valence electrons. The molecule has 0 spiro atoms. The third kappa shape index (κ3) is 3.32. The van der Waals surface area contributed by atoms with Gasteiger partial charge in [-0.15, -0.1) is 0 Å². The minimum Gasteiger partial charge on any atom is -0.450 e. The van der Waals surface area contributed by atoms with Crippen LogP contribution < -0.4 is 0 Å². The molecule has 1 heterocycles. The Labute approximate surface area is 140 Å². The summed E-state index contributed by atoms with van der Waals surface area (Å²) in [4.78, 5) is 25.9. The van der Waals surface area contributed by atoms with Crippen LogP contribution in [0.25, 0.3) is 0 Å². The van der Waals surface area contributed by atoms with Crippen molar-refractivity contribution in [2.75, 3.05) is 13.7 Å². The number of carbonyl (C=O) groups is 2. The van der Waals surface area contributed by atoms with Gasteiger partial charge in [0.2, 0.25) is 5.76 Å². The molecule has 0 unspecified atom stereocenters. The fraction of sp³-hybridized carbons (Fsp3) is 0.389. The summed E-state index contributed by atoms with van der Waals surface area (Å²) in [6.45, 7) is 1.40. The van der Waals surface area contributed by atoms with Gasteiger partial charge >= 0.3 is 5.97 Å². The molecule has 1 aliphatic rings. The maximum absolute atomic E-state index is 12.4. The van der Waals surface area contributed by atoms with E-state index in [4.69, 9.17) is 9.26 Å². The molecule has 1 aromatic heterocycles. The first-order valence-corrected chi connectivity index (χ1v) is 8.00. The van der Waals surface area contributed by atoms with E-state index in [0.29, 0.717) is 5.69 Å². The highest BCUT2D eigenvalue weighted by Crippen LogP contribution is 2.33. The molecule has 3 rings (SSSR count). The van der Waals surface area contributed by atoms with Gasteiger partial charge in [0.25, 0.3) is 5.91 Å². The maximum atomic E-state index is 12.4. The molecule has 1 aromatic carbocycles. The Kier molecular flexibility index (Phi) is 4.64. The maximum Gasteiger partial charge on any atom is 0.377 e. The summed E-state index contributed by atoms with van der Waals surface area (Å²) < 4.78 is 9.87. The fourth-order valence-electron chi connectivity index (χ4n) is 3.06. The van der Waals surface area contributed by atoms with Gasteiger partial charge in [0.05, 0.1) is 11.7 Å². The molecule has 0 saturated heterocycles. The Morgan fingerprint density at radius 3 is 2.92 bits per heavy atom. The van der Waals surface area contributed by atoms with E-state index in [-0.39, 0.29) is 24.3 Å². The Morgan fingerprint density at radius 1 is 1.38 bits per heavy atom. The van der Waals surface area contributed by atoms with Crippen LogP contribution in [0.15, 0.2) is 34.9 Å². The zero-order chi connectivity index (χ0) is 17.1. The number of carbonyl (C=O) groups excluding carboxylic acids is 2. The average Bonchev–Trinajstić information content (AvgIpc) is 3.04. The van der Waals surface area contributed by atoms with Crippen LogP contribution in [0.5, 0.6) is 0 Å². The van der Waals surface area contributed by atoms with Gasteiger partial charge in [-0.1, -0.05) is 29.4 Å². The van der Waals surface area contributed by atoms with Crippen molar-refractivity contribution in [3.63, 3.8) is 0 Å². The quantitative estimate of drug-likeness (QED) is 0.807. The summed E-state index contributed by atoms with van der Waals surface area (Å²) in [5.41, 5.74) is 3.04. The molecule has 0 N–H and O–H groups in total. The van der Waals surface area contributed by atoms with Crippen LogP contribution in [0.1, 0.15) is 46.3 Å². The van der Waals surface area contributed by atoms with Gasteiger partial charge in [-0.2, -0.15) is 0 Å². The van der Waals surface area contributed by atoms with Crippen molar-refractivity contribution < 1.29 is 18.8 Å². The molecular weight excluding hydrogens is 308 g/mol. The number of esters is 1. The van der Waals surface area contributed by atoms with E-state index in [9.17, 15) is 9.59 Å². The van der Waals surface area contributed by atoms with E-state index in [1.165, 1.54) is 17.2 Å². The number of nitrogens with zero attached hydrogens (tertiary/aromatic N) is 2. The third-order valence-electron chi connectivity index (χ3n) is 4.35. The number of benzene rings is 1. The highest BCUT2D eigenvalue weighted by atomic mass is 16.6. The van der Waals surface area contributed by atoms with Gasteiger partial charge in [-0.05, 0) is 37.3 Å². The zero-order valence-corrected chi connectivity index (χ0v) is 13.8. The fourth-order valence-corrected chi connectivity index (χ4v) is 3.06. The van der Waals surface area contributed by atoms with Crippen molar-refractivity contribution in [1.29, 1.82) is 0 Å². The lowest BCUT2D eigenvalue weighted by Crippen LogP contribution is -2.36. The van der Waals surface area contributed by atoms with E-state index >= 15 is 0 Å². The lowest BCUT2D eigenvalue weighted by molar-refractivity contribution is -0.135. The highest BCUT2D eigenvalue weighted by molar-refractivity contribution is 5.88. The van der Waals surface area contributed by atoms with E-state index in [1.54, 1.807) is 18.9 Å². The first-order valence-electron chi connectivity index (χ1n) is 8.00. The summed E-state index contributed by atoms with van der Waals surface area (Å²) in [6.07, 6.45) is 2.99. The number of aryl methyl sites for hydroxylation is 2. The second-order valence-electron chi connectivity index (χ2n) is 6.02. The lowest BCUT2D eigenvalue weighted by atomic mass is 9.87. The molecule has 24 heavy (non-hydrogen) atoms. The second-order valence-corrected chi connectivity index (χ2v) is 6.02. The van der Waals surface area contributed by atoms with Gasteiger partial charge in [0, 0.05) is 13.1 Å². The van der Waals surface area contributed by atoms with Crippen molar-refractivity contribution in [2.24, 2.45) is 0 Å². The zero-order valence-electron chi connectivity index (χ0n) is 13.8. The molecule has 6 heteroatoms. The Balaban J connectivity index is 1.62. The molecular formula is C18H20N2O4. The monoisotopic (exact) mass is 328 g/mol. The van der Waals surface area contributed by atoms with E-state index in [1.807, 2.05) is 12.1 Å². The normalized spacial score (nSPS) is 16.3. The van der Waals surface area contributed by atoms with Crippen molar-refractivity contribution in [1.82, 2.24) is 10.1 Å². The van der Waals surface area contributed by atoms with Crippen LogP contribution >= 0.6 is 0 Å². The topological polar surface area (TPSA) is 72.6 Å². The van der Waals surface area contributed by atoms with Crippen molar-refractivity contribution in [3.8, 4) is 0 Å². The molecule has 0 aliphatic heterocycles. The standard InChI is InChI=1S/C18H20N2O4/c1-12-10-16(24-19-12)18(22)23-11-17(21)20(2)15-9-5-7-13-6-3-4-8-14(13)15/h3-4,6,8,10,15H,5,7,9,11H2,1-2H3/t15-/m1/s1. The van der Waals surface area contributed by atoms with Gasteiger partial charge in [-0.25, -0.2) is 4.79 Å². The summed E-state index contributed by atoms with van der Waals surface area (Å²) in [6, 6.07) is 9.67. The van der Waals surface area contributed by atoms with E-state index in [0.717, 1.165) is 19.3 Å². The molecule has 0 radical (unpaired) electrons. The van der Waals surface area contributed by atoms with Crippen LogP contribution in [-0.4, -0.2) is 35.6 Å². The van der Waals surface area contributed by atoms with Crippen molar-refractivity contribution >= 4 is 11.9 Å². The van der Waals surface area contributed by atoms with Gasteiger partial charge in [0.15, 0.2) is 6.61 Å². The Hall–Kier alpha value is -2.63. The Morgan fingerprint density at radius 2 is 2.17 bits per heavy atom. The van der Waals surface area contributed by atoms with Crippen LogP contribution in [0.2, 0.25) is 0 Å². The molecule has 0 bridgehead atoms. The number of hydrogen-bond acceptors (Lipinski definition) is 5. The van der Waals surface area contributed by atoms with Crippen molar-refractivity contribution in [2.45, 2.75) is 32.2 Å². The molecule has 1 amide bonds. The first-order chi connectivity index (χ1) is 11.6. The SMILES string of the molecule is Cc1cc(C(=O)OCC(=O)N(C)[C@@H]2CCCc3ccccc32)on1. The number of rotatable bonds is 4.